The number of rotatable bonds is 6. The van der Waals surface area contributed by atoms with Crippen LogP contribution in [0.4, 0.5) is 0 Å². The molecule has 0 aromatic carbocycles. The van der Waals surface area contributed by atoms with Crippen LogP contribution in [0.2, 0.25) is 0 Å². The summed E-state index contributed by atoms with van der Waals surface area (Å²) in [6.45, 7) is 0.324. The van der Waals surface area contributed by atoms with E-state index in [-0.39, 0.29) is 42.0 Å². The highest BCUT2D eigenvalue weighted by molar-refractivity contribution is 6.22. The number of aromatic nitrogens is 1. The Labute approximate surface area is 196 Å². The number of carbonyl (C=O) groups is 3. The predicted molar refractivity (Wildman–Crippen MR) is 120 cm³/mol. The Balaban J connectivity index is 1.30. The summed E-state index contributed by atoms with van der Waals surface area (Å²) in [6, 6.07) is 6.39. The van der Waals surface area contributed by atoms with Crippen LogP contribution in [-0.4, -0.2) is 70.1 Å². The van der Waals surface area contributed by atoms with Crippen LogP contribution in [0.1, 0.15) is 42.7 Å². The molecule has 9 heteroatoms. The molecule has 1 aliphatic carbocycles. The molecule has 2 aromatic rings. The highest BCUT2D eigenvalue weighted by Crippen LogP contribution is 2.42. The first-order valence-corrected chi connectivity index (χ1v) is 11.8. The molecule has 3 atom stereocenters. The van der Waals surface area contributed by atoms with Gasteiger partial charge >= 0.3 is 0 Å². The maximum absolute atomic E-state index is 13.6. The second kappa shape index (κ2) is 9.00. The van der Waals surface area contributed by atoms with E-state index in [2.05, 4.69) is 10.3 Å². The van der Waals surface area contributed by atoms with E-state index < -0.39 is 17.5 Å². The number of fused-ring (bicyclic) bond motifs is 1. The van der Waals surface area contributed by atoms with Crippen molar-refractivity contribution in [3.63, 3.8) is 0 Å². The van der Waals surface area contributed by atoms with Gasteiger partial charge in [0.25, 0.3) is 5.91 Å². The minimum absolute atomic E-state index is 0.0239. The van der Waals surface area contributed by atoms with Crippen LogP contribution in [0.5, 0.6) is 0 Å². The van der Waals surface area contributed by atoms with Crippen LogP contribution >= 0.6 is 11.6 Å². The van der Waals surface area contributed by atoms with Crippen LogP contribution in [0.3, 0.4) is 0 Å². The average Bonchev–Trinajstić information content (AvgIpc) is 3.56. The molecule has 4 heterocycles. The molecular weight excluding hydrogens is 446 g/mol. The summed E-state index contributed by atoms with van der Waals surface area (Å²) in [4.78, 5) is 44.8. The zero-order valence-corrected chi connectivity index (χ0v) is 18.9. The molecule has 0 spiro atoms. The lowest BCUT2D eigenvalue weighted by Gasteiger charge is -2.45. The molecule has 3 fully saturated rings. The van der Waals surface area contributed by atoms with Crippen molar-refractivity contribution in [1.29, 1.82) is 0 Å². The SMILES string of the molecule is O=C(NCC(=O)C1(N2C[C@H](Cl)[C@H]3OCC(=O)[C@H]32)CCCCC1)c1ccc(-c2ccncc2)o1. The summed E-state index contributed by atoms with van der Waals surface area (Å²) in [5, 5.41) is 2.39. The second-order valence-electron chi connectivity index (χ2n) is 8.95. The molecule has 1 amide bonds. The summed E-state index contributed by atoms with van der Waals surface area (Å²) in [5.74, 6) is 0.108. The molecule has 3 aliphatic rings. The van der Waals surface area contributed by atoms with E-state index in [9.17, 15) is 14.4 Å². The third-order valence-electron chi connectivity index (χ3n) is 7.08. The van der Waals surface area contributed by atoms with Crippen LogP contribution < -0.4 is 5.32 Å². The zero-order chi connectivity index (χ0) is 23.0. The van der Waals surface area contributed by atoms with E-state index in [1.165, 1.54) is 0 Å². The van der Waals surface area contributed by atoms with Gasteiger partial charge in [-0.1, -0.05) is 19.3 Å². The largest absolute Gasteiger partial charge is 0.451 e. The van der Waals surface area contributed by atoms with Crippen molar-refractivity contribution in [3.8, 4) is 11.3 Å². The molecule has 174 valence electrons. The van der Waals surface area contributed by atoms with Crippen molar-refractivity contribution in [2.24, 2.45) is 0 Å². The molecule has 1 saturated carbocycles. The fourth-order valence-electron chi connectivity index (χ4n) is 5.44. The Kier molecular flexibility index (Phi) is 6.07. The van der Waals surface area contributed by atoms with Crippen molar-refractivity contribution in [2.45, 2.75) is 55.2 Å². The van der Waals surface area contributed by atoms with Gasteiger partial charge in [-0.2, -0.15) is 0 Å². The van der Waals surface area contributed by atoms with Gasteiger partial charge in [0, 0.05) is 24.5 Å². The number of halogens is 1. The number of alkyl halides is 1. The average molecular weight is 472 g/mol. The van der Waals surface area contributed by atoms with Crippen molar-refractivity contribution in [1.82, 2.24) is 15.2 Å². The number of nitrogens with one attached hydrogen (secondary N) is 1. The van der Waals surface area contributed by atoms with E-state index in [0.717, 1.165) is 24.8 Å². The molecule has 5 rings (SSSR count). The first-order valence-electron chi connectivity index (χ1n) is 11.4. The Morgan fingerprint density at radius 2 is 1.91 bits per heavy atom. The Bertz CT molecular complexity index is 1050. The third kappa shape index (κ3) is 4.00. The van der Waals surface area contributed by atoms with E-state index in [1.54, 1.807) is 36.7 Å². The van der Waals surface area contributed by atoms with Gasteiger partial charge in [0.1, 0.15) is 18.4 Å². The van der Waals surface area contributed by atoms with Gasteiger partial charge in [-0.05, 0) is 37.1 Å². The zero-order valence-electron chi connectivity index (χ0n) is 18.2. The maximum atomic E-state index is 13.6. The lowest BCUT2D eigenvalue weighted by Crippen LogP contribution is -2.61. The Morgan fingerprint density at radius 1 is 1.15 bits per heavy atom. The van der Waals surface area contributed by atoms with Crippen molar-refractivity contribution in [2.75, 3.05) is 19.7 Å². The quantitative estimate of drug-likeness (QED) is 0.646. The first-order chi connectivity index (χ1) is 16.0. The van der Waals surface area contributed by atoms with E-state index in [1.807, 2.05) is 4.90 Å². The summed E-state index contributed by atoms with van der Waals surface area (Å²) in [6.07, 6.45) is 7.04. The molecule has 0 bridgehead atoms. The van der Waals surface area contributed by atoms with Crippen molar-refractivity contribution >= 4 is 29.1 Å². The second-order valence-corrected chi connectivity index (χ2v) is 9.51. The summed E-state index contributed by atoms with van der Waals surface area (Å²) in [7, 11) is 0. The van der Waals surface area contributed by atoms with Crippen LogP contribution in [0.25, 0.3) is 11.3 Å². The van der Waals surface area contributed by atoms with Gasteiger partial charge in [-0.25, -0.2) is 0 Å². The Hall–Kier alpha value is -2.55. The molecule has 2 aliphatic heterocycles. The fourth-order valence-corrected chi connectivity index (χ4v) is 5.80. The number of ether oxygens (including phenoxy) is 1. The topological polar surface area (TPSA) is 102 Å². The number of likely N-dealkylation sites (tertiary alicyclic amines) is 1. The van der Waals surface area contributed by atoms with Gasteiger partial charge in [0.15, 0.2) is 17.3 Å². The van der Waals surface area contributed by atoms with Gasteiger partial charge in [0.2, 0.25) is 0 Å². The fraction of sp³-hybridized carbons (Fsp3) is 0.500. The first kappa shape index (κ1) is 22.3. The lowest BCUT2D eigenvalue weighted by atomic mass is 9.76. The van der Waals surface area contributed by atoms with E-state index in [4.69, 9.17) is 20.8 Å². The monoisotopic (exact) mass is 471 g/mol. The molecule has 33 heavy (non-hydrogen) atoms. The summed E-state index contributed by atoms with van der Waals surface area (Å²) >= 11 is 6.50. The van der Waals surface area contributed by atoms with Crippen LogP contribution in [0.15, 0.2) is 41.1 Å². The van der Waals surface area contributed by atoms with Crippen LogP contribution in [0, 0.1) is 0 Å². The predicted octanol–water partition coefficient (Wildman–Crippen LogP) is 2.60. The number of furan rings is 1. The van der Waals surface area contributed by atoms with Gasteiger partial charge in [-0.15, -0.1) is 11.6 Å². The molecule has 1 N–H and O–H groups in total. The molecule has 0 unspecified atom stereocenters. The number of nitrogens with zero attached hydrogens (tertiary/aromatic N) is 2. The number of hydrogen-bond acceptors (Lipinski definition) is 7. The highest BCUT2D eigenvalue weighted by Gasteiger charge is 2.58. The number of pyridine rings is 1. The number of ketones is 2. The molecular formula is C24H26ClN3O5. The van der Waals surface area contributed by atoms with Crippen molar-refractivity contribution < 1.29 is 23.5 Å². The normalized spacial score (nSPS) is 26.8. The minimum Gasteiger partial charge on any atom is -0.451 e. The van der Waals surface area contributed by atoms with Gasteiger partial charge in [-0.3, -0.25) is 24.3 Å². The highest BCUT2D eigenvalue weighted by atomic mass is 35.5. The summed E-state index contributed by atoms with van der Waals surface area (Å²) < 4.78 is 11.3. The molecule has 0 radical (unpaired) electrons. The smallest absolute Gasteiger partial charge is 0.287 e. The van der Waals surface area contributed by atoms with Gasteiger partial charge < -0.3 is 14.5 Å². The number of amides is 1. The maximum Gasteiger partial charge on any atom is 0.287 e. The van der Waals surface area contributed by atoms with E-state index in [0.29, 0.717) is 25.1 Å². The third-order valence-corrected chi connectivity index (χ3v) is 7.46. The Morgan fingerprint density at radius 3 is 2.67 bits per heavy atom. The number of carbonyl (C=O) groups excluding carboxylic acids is 3. The molecule has 2 saturated heterocycles. The number of hydrogen-bond donors (Lipinski definition) is 1. The standard InChI is InChI=1S/C24H26ClN3O5/c25-16-13-28(21-17(29)14-32-22(16)21)24(8-2-1-3-9-24)20(30)12-27-23(31)19-5-4-18(33-19)15-6-10-26-11-7-15/h4-7,10-11,16,21-22H,1-3,8-9,12-14H2,(H,27,31)/t16-,21+,22+/m0/s1. The molecule has 2 aromatic heterocycles. The molecule has 8 nitrogen and oxygen atoms in total. The minimum atomic E-state index is -0.813. The van der Waals surface area contributed by atoms with E-state index >= 15 is 0 Å². The number of Topliss-reactive ketones (excluding diaryl/α,β-unsaturated/α-hetero) is 2. The summed E-state index contributed by atoms with van der Waals surface area (Å²) in [5.41, 5.74) is -0.00348. The van der Waals surface area contributed by atoms with Gasteiger partial charge in [0.05, 0.1) is 23.6 Å². The van der Waals surface area contributed by atoms with Crippen molar-refractivity contribution in [3.05, 3.63) is 42.4 Å². The van der Waals surface area contributed by atoms with Crippen LogP contribution in [-0.2, 0) is 14.3 Å². The lowest BCUT2D eigenvalue weighted by molar-refractivity contribution is -0.136.